The molecular weight excluding hydrogens is 408 g/mol. The second-order valence-electron chi connectivity index (χ2n) is 9.50. The monoisotopic (exact) mass is 444 g/mol. The first-order valence-electron chi connectivity index (χ1n) is 11.3. The summed E-state index contributed by atoms with van der Waals surface area (Å²) in [5, 5.41) is 11.0. The molecule has 1 aliphatic heterocycles. The van der Waals surface area contributed by atoms with Gasteiger partial charge >= 0.3 is 5.97 Å². The van der Waals surface area contributed by atoms with Crippen LogP contribution in [0.2, 0.25) is 0 Å². The van der Waals surface area contributed by atoms with E-state index < -0.39 is 5.97 Å². The van der Waals surface area contributed by atoms with Crippen molar-refractivity contribution in [3.8, 4) is 5.75 Å². The molecule has 0 saturated carbocycles. The maximum absolute atomic E-state index is 12.0. The Morgan fingerprint density at radius 2 is 2.13 bits per heavy atom. The lowest BCUT2D eigenvalue weighted by Gasteiger charge is -2.37. The molecule has 2 heterocycles. The van der Waals surface area contributed by atoms with E-state index in [9.17, 15) is 9.90 Å². The number of rotatable bonds is 9. The van der Waals surface area contributed by atoms with Gasteiger partial charge in [-0.3, -0.25) is 9.78 Å². The summed E-state index contributed by atoms with van der Waals surface area (Å²) in [7, 11) is 1.68. The van der Waals surface area contributed by atoms with Gasteiger partial charge in [-0.25, -0.2) is 0 Å². The van der Waals surface area contributed by atoms with Crippen LogP contribution < -0.4 is 4.74 Å². The van der Waals surface area contributed by atoms with Gasteiger partial charge in [0.2, 0.25) is 0 Å². The minimum atomic E-state index is -0.641. The van der Waals surface area contributed by atoms with E-state index in [1.54, 1.807) is 7.11 Å². The molecule has 31 heavy (non-hydrogen) atoms. The molecule has 1 aliphatic rings. The maximum Gasteiger partial charge on any atom is 0.308 e. The number of aliphatic carboxylic acids is 1. The minimum absolute atomic E-state index is 0.256. The molecule has 1 saturated heterocycles. The third-order valence-corrected chi connectivity index (χ3v) is 7.41. The van der Waals surface area contributed by atoms with Crippen LogP contribution in [0.3, 0.4) is 0 Å². The molecule has 0 radical (unpaired) electrons. The van der Waals surface area contributed by atoms with Gasteiger partial charge in [0.15, 0.2) is 0 Å². The SMILES string of the molecule is COc1ccc2nccc(CCC[C@@H]3CCN(CCSC(C)(C)C)C[C@@H]3C(=O)O)c2c1. The van der Waals surface area contributed by atoms with Crippen molar-refractivity contribution in [2.75, 3.05) is 32.5 Å². The van der Waals surface area contributed by atoms with Crippen LogP contribution in [0.15, 0.2) is 30.5 Å². The second-order valence-corrected chi connectivity index (χ2v) is 11.4. The Hall–Kier alpha value is -1.79. The standard InChI is InChI=1S/C25H36N2O3S/c1-25(2,3)31-15-14-27-13-11-19(22(17-27)24(28)29)7-5-6-18-10-12-26-23-9-8-20(30-4)16-21(18)23/h8-10,12,16,19,22H,5-7,11,13-15,17H2,1-4H3,(H,28,29)/t19-,22+/m1/s1. The molecule has 3 rings (SSSR count). The van der Waals surface area contributed by atoms with Gasteiger partial charge in [-0.15, -0.1) is 0 Å². The summed E-state index contributed by atoms with van der Waals surface area (Å²) < 4.78 is 5.63. The zero-order valence-electron chi connectivity index (χ0n) is 19.3. The normalized spacial score (nSPS) is 20.1. The van der Waals surface area contributed by atoms with Crippen LogP contribution in [0.5, 0.6) is 5.75 Å². The number of hydrogen-bond donors (Lipinski definition) is 1. The Morgan fingerprint density at radius 1 is 1.32 bits per heavy atom. The molecular formula is C25H36N2O3S. The highest BCUT2D eigenvalue weighted by atomic mass is 32.2. The number of nitrogens with zero attached hydrogens (tertiary/aromatic N) is 2. The number of hydrogen-bond acceptors (Lipinski definition) is 5. The number of fused-ring (bicyclic) bond motifs is 1. The Labute approximate surface area is 190 Å². The molecule has 0 aliphatic carbocycles. The van der Waals surface area contributed by atoms with E-state index in [0.29, 0.717) is 6.54 Å². The van der Waals surface area contributed by atoms with Crippen LogP contribution in [0.1, 0.15) is 45.6 Å². The highest BCUT2D eigenvalue weighted by Gasteiger charge is 2.33. The van der Waals surface area contributed by atoms with E-state index in [2.05, 4.69) is 36.7 Å². The summed E-state index contributed by atoms with van der Waals surface area (Å²) in [5.41, 5.74) is 2.23. The summed E-state index contributed by atoms with van der Waals surface area (Å²) in [6, 6.07) is 8.05. The largest absolute Gasteiger partial charge is 0.497 e. The average molecular weight is 445 g/mol. The summed E-state index contributed by atoms with van der Waals surface area (Å²) in [5.74, 6) is 1.25. The number of carboxylic acids is 1. The van der Waals surface area contributed by atoms with Crippen molar-refractivity contribution in [1.29, 1.82) is 0 Å². The third kappa shape index (κ3) is 6.84. The van der Waals surface area contributed by atoms with Gasteiger partial charge in [0.25, 0.3) is 0 Å². The number of thioether (sulfide) groups is 1. The number of piperidine rings is 1. The number of likely N-dealkylation sites (tertiary alicyclic amines) is 1. The highest BCUT2D eigenvalue weighted by Crippen LogP contribution is 2.31. The third-order valence-electron chi connectivity index (χ3n) is 6.16. The maximum atomic E-state index is 12.0. The summed E-state index contributed by atoms with van der Waals surface area (Å²) >= 11 is 1.95. The first-order chi connectivity index (χ1) is 14.8. The Kier molecular flexibility index (Phi) is 8.23. The molecule has 0 bridgehead atoms. The number of benzene rings is 1. The molecule has 1 aromatic heterocycles. The molecule has 0 spiro atoms. The highest BCUT2D eigenvalue weighted by molar-refractivity contribution is 8.00. The van der Waals surface area contributed by atoms with Gasteiger partial charge in [-0.2, -0.15) is 11.8 Å². The number of pyridine rings is 1. The van der Waals surface area contributed by atoms with Gasteiger partial charge in [-0.1, -0.05) is 20.8 Å². The summed E-state index contributed by atoms with van der Waals surface area (Å²) in [6.45, 7) is 9.35. The van der Waals surface area contributed by atoms with E-state index in [-0.39, 0.29) is 16.6 Å². The zero-order valence-corrected chi connectivity index (χ0v) is 20.1. The van der Waals surface area contributed by atoms with Crippen molar-refractivity contribution < 1.29 is 14.6 Å². The topological polar surface area (TPSA) is 62.7 Å². The number of ether oxygens (including phenoxy) is 1. The van der Waals surface area contributed by atoms with Crippen molar-refractivity contribution in [2.24, 2.45) is 11.8 Å². The van der Waals surface area contributed by atoms with Gasteiger partial charge in [0, 0.05) is 35.2 Å². The van der Waals surface area contributed by atoms with E-state index in [1.807, 2.05) is 36.2 Å². The van der Waals surface area contributed by atoms with Crippen molar-refractivity contribution in [2.45, 2.75) is 51.2 Å². The number of aryl methyl sites for hydroxylation is 1. The number of carbonyl (C=O) groups is 1. The fourth-order valence-corrected chi connectivity index (χ4v) is 5.42. The fraction of sp³-hybridized carbons (Fsp3) is 0.600. The van der Waals surface area contributed by atoms with Crippen LogP contribution in [0, 0.1) is 11.8 Å². The van der Waals surface area contributed by atoms with Crippen LogP contribution in [0.25, 0.3) is 10.9 Å². The predicted octanol–water partition coefficient (Wildman–Crippen LogP) is 5.12. The molecule has 6 heteroatoms. The number of methoxy groups -OCH3 is 1. The van der Waals surface area contributed by atoms with Crippen molar-refractivity contribution in [3.63, 3.8) is 0 Å². The lowest BCUT2D eigenvalue weighted by atomic mass is 9.81. The van der Waals surface area contributed by atoms with Crippen LogP contribution >= 0.6 is 11.8 Å². The van der Waals surface area contributed by atoms with E-state index in [1.165, 1.54) is 5.56 Å². The van der Waals surface area contributed by atoms with Gasteiger partial charge < -0.3 is 14.7 Å². The first-order valence-corrected chi connectivity index (χ1v) is 12.3. The van der Waals surface area contributed by atoms with E-state index in [4.69, 9.17) is 4.74 Å². The zero-order chi connectivity index (χ0) is 22.4. The Bertz CT molecular complexity index is 881. The Balaban J connectivity index is 1.55. The van der Waals surface area contributed by atoms with Crippen molar-refractivity contribution >= 4 is 28.6 Å². The second kappa shape index (κ2) is 10.7. The van der Waals surface area contributed by atoms with E-state index >= 15 is 0 Å². The molecule has 5 nitrogen and oxygen atoms in total. The lowest BCUT2D eigenvalue weighted by molar-refractivity contribution is -0.146. The molecule has 0 unspecified atom stereocenters. The molecule has 1 N–H and O–H groups in total. The van der Waals surface area contributed by atoms with Gasteiger partial charge in [0.1, 0.15) is 5.75 Å². The molecule has 170 valence electrons. The van der Waals surface area contributed by atoms with Gasteiger partial charge in [-0.05, 0) is 68.0 Å². The van der Waals surface area contributed by atoms with Crippen LogP contribution in [-0.2, 0) is 11.2 Å². The Morgan fingerprint density at radius 3 is 2.84 bits per heavy atom. The predicted molar refractivity (Wildman–Crippen MR) is 129 cm³/mol. The van der Waals surface area contributed by atoms with E-state index in [0.717, 1.165) is 61.2 Å². The van der Waals surface area contributed by atoms with Crippen LogP contribution in [0.4, 0.5) is 0 Å². The van der Waals surface area contributed by atoms with Crippen LogP contribution in [-0.4, -0.2) is 58.2 Å². The van der Waals surface area contributed by atoms with Gasteiger partial charge in [0.05, 0.1) is 18.5 Å². The smallest absolute Gasteiger partial charge is 0.308 e. The molecule has 1 fully saturated rings. The lowest BCUT2D eigenvalue weighted by Crippen LogP contribution is -2.44. The average Bonchev–Trinajstić information content (AvgIpc) is 2.73. The fourth-order valence-electron chi connectivity index (χ4n) is 4.46. The van der Waals surface area contributed by atoms with Crippen molar-refractivity contribution in [3.05, 3.63) is 36.0 Å². The summed E-state index contributed by atoms with van der Waals surface area (Å²) in [6.07, 6.45) is 5.71. The number of aromatic nitrogens is 1. The van der Waals surface area contributed by atoms with Crippen molar-refractivity contribution in [1.82, 2.24) is 9.88 Å². The number of carboxylic acid groups (broad SMARTS) is 1. The first kappa shape index (κ1) is 23.9. The molecule has 2 aromatic rings. The molecule has 1 aromatic carbocycles. The minimum Gasteiger partial charge on any atom is -0.497 e. The quantitative estimate of drug-likeness (QED) is 0.579. The molecule has 0 amide bonds. The molecule has 2 atom stereocenters. The summed E-state index contributed by atoms with van der Waals surface area (Å²) in [4.78, 5) is 18.8.